The molecular weight excluding hydrogens is 242 g/mol. The molecule has 2 N–H and O–H groups in total. The molecule has 1 aromatic carbocycles. The molecule has 0 aliphatic rings. The lowest BCUT2D eigenvalue weighted by molar-refractivity contribution is -0.152. The molecule has 0 bridgehead atoms. The van der Waals surface area contributed by atoms with E-state index in [2.05, 4.69) is 12.4 Å². The first-order valence-corrected chi connectivity index (χ1v) is 6.85. The number of unbranched alkanes of at least 4 members (excludes halogenated alkanes) is 3. The van der Waals surface area contributed by atoms with Gasteiger partial charge in [-0.1, -0.05) is 44.7 Å². The Hall–Kier alpha value is -1.55. The summed E-state index contributed by atoms with van der Waals surface area (Å²) in [4.78, 5) is 16.8. The lowest BCUT2D eigenvalue weighted by Gasteiger charge is -2.15. The van der Waals surface area contributed by atoms with Crippen LogP contribution in [0, 0.1) is 0 Å². The molecule has 19 heavy (non-hydrogen) atoms. The van der Waals surface area contributed by atoms with Crippen LogP contribution in [0.5, 0.6) is 5.75 Å². The summed E-state index contributed by atoms with van der Waals surface area (Å²) in [7, 11) is 1.56. The number of phenolic OH excluding ortho intramolecular Hbond substituents is 1. The van der Waals surface area contributed by atoms with Gasteiger partial charge in [-0.2, -0.15) is 5.48 Å². The number of benzene rings is 1. The van der Waals surface area contributed by atoms with Gasteiger partial charge in [-0.25, -0.2) is 4.79 Å². The number of hydrogen-bond donors (Lipinski definition) is 2. The summed E-state index contributed by atoms with van der Waals surface area (Å²) in [6, 6.07) is 6.82. The lowest BCUT2D eigenvalue weighted by Crippen LogP contribution is -2.22. The number of hydrogen-bond acceptors (Lipinski definition) is 4. The Bertz CT molecular complexity index is 393. The van der Waals surface area contributed by atoms with Crippen molar-refractivity contribution in [1.82, 2.24) is 5.48 Å². The second-order valence-electron chi connectivity index (χ2n) is 4.62. The van der Waals surface area contributed by atoms with Gasteiger partial charge in [0.2, 0.25) is 0 Å². The maximum Gasteiger partial charge on any atom is 0.332 e. The zero-order valence-electron chi connectivity index (χ0n) is 11.7. The van der Waals surface area contributed by atoms with Gasteiger partial charge in [-0.05, 0) is 24.1 Å². The highest BCUT2D eigenvalue weighted by Crippen LogP contribution is 2.26. The van der Waals surface area contributed by atoms with Crippen LogP contribution in [0.1, 0.15) is 50.5 Å². The summed E-state index contributed by atoms with van der Waals surface area (Å²) in [5.74, 6) is -0.450. The van der Waals surface area contributed by atoms with Crippen molar-refractivity contribution < 1.29 is 14.7 Å². The molecule has 0 aliphatic carbocycles. The topological polar surface area (TPSA) is 58.6 Å². The van der Waals surface area contributed by atoms with Crippen molar-refractivity contribution in [3.8, 4) is 5.75 Å². The molecular formula is C15H23NO3. The van der Waals surface area contributed by atoms with E-state index in [0.717, 1.165) is 31.2 Å². The zero-order valence-corrected chi connectivity index (χ0v) is 11.7. The monoisotopic (exact) mass is 265 g/mol. The van der Waals surface area contributed by atoms with E-state index in [-0.39, 0.29) is 17.6 Å². The van der Waals surface area contributed by atoms with Crippen LogP contribution in [0.25, 0.3) is 0 Å². The van der Waals surface area contributed by atoms with E-state index in [4.69, 9.17) is 4.84 Å². The largest absolute Gasteiger partial charge is 0.508 e. The Labute approximate surface area is 114 Å². The third-order valence-corrected chi connectivity index (χ3v) is 3.11. The molecule has 0 radical (unpaired) electrons. The first kappa shape index (κ1) is 15.5. The Kier molecular flexibility index (Phi) is 6.97. The van der Waals surface area contributed by atoms with Crippen molar-refractivity contribution in [2.24, 2.45) is 0 Å². The van der Waals surface area contributed by atoms with E-state index in [1.54, 1.807) is 25.2 Å². The number of aromatic hydroxyl groups is 1. The maximum absolute atomic E-state index is 12.0. The van der Waals surface area contributed by atoms with Crippen LogP contribution in [0.4, 0.5) is 0 Å². The molecule has 4 nitrogen and oxygen atoms in total. The highest BCUT2D eigenvalue weighted by Gasteiger charge is 2.22. The second-order valence-corrected chi connectivity index (χ2v) is 4.62. The van der Waals surface area contributed by atoms with Gasteiger partial charge in [0.15, 0.2) is 0 Å². The van der Waals surface area contributed by atoms with Crippen LogP contribution in [0.2, 0.25) is 0 Å². The molecule has 0 aromatic heterocycles. The van der Waals surface area contributed by atoms with Crippen molar-refractivity contribution in [3.63, 3.8) is 0 Å². The predicted molar refractivity (Wildman–Crippen MR) is 74.8 cm³/mol. The molecule has 1 aromatic rings. The number of carbonyl (C=O) groups is 1. The zero-order chi connectivity index (χ0) is 14.1. The summed E-state index contributed by atoms with van der Waals surface area (Å²) < 4.78 is 0. The van der Waals surface area contributed by atoms with Crippen molar-refractivity contribution >= 4 is 5.97 Å². The molecule has 1 rings (SSSR count). The minimum atomic E-state index is -0.323. The average Bonchev–Trinajstić information content (AvgIpc) is 2.39. The number of phenols is 1. The normalized spacial score (nSPS) is 12.1. The molecule has 0 spiro atoms. The number of rotatable bonds is 8. The summed E-state index contributed by atoms with van der Waals surface area (Å²) in [6.45, 7) is 2.15. The van der Waals surface area contributed by atoms with Crippen LogP contribution in [0.15, 0.2) is 24.3 Å². The van der Waals surface area contributed by atoms with Gasteiger partial charge in [0.1, 0.15) is 5.75 Å². The molecule has 4 heteroatoms. The van der Waals surface area contributed by atoms with Crippen LogP contribution in [-0.2, 0) is 9.63 Å². The van der Waals surface area contributed by atoms with Gasteiger partial charge in [0, 0.05) is 7.05 Å². The number of nitrogens with one attached hydrogen (secondary N) is 1. The van der Waals surface area contributed by atoms with E-state index < -0.39 is 0 Å². The molecule has 0 heterocycles. The van der Waals surface area contributed by atoms with Crippen molar-refractivity contribution in [1.29, 1.82) is 0 Å². The summed E-state index contributed by atoms with van der Waals surface area (Å²) in [6.07, 6.45) is 5.17. The van der Waals surface area contributed by atoms with Crippen LogP contribution in [0.3, 0.4) is 0 Å². The van der Waals surface area contributed by atoms with Gasteiger partial charge in [-0.15, -0.1) is 0 Å². The third-order valence-electron chi connectivity index (χ3n) is 3.11. The van der Waals surface area contributed by atoms with Crippen LogP contribution < -0.4 is 5.48 Å². The fraction of sp³-hybridized carbons (Fsp3) is 0.533. The van der Waals surface area contributed by atoms with Gasteiger partial charge in [0.05, 0.1) is 5.92 Å². The Balaban J connectivity index is 2.71. The molecule has 1 unspecified atom stereocenters. The summed E-state index contributed by atoms with van der Waals surface area (Å²) >= 11 is 0. The Morgan fingerprint density at radius 3 is 2.79 bits per heavy atom. The van der Waals surface area contributed by atoms with E-state index in [1.807, 2.05) is 6.07 Å². The minimum absolute atomic E-state index is 0.174. The van der Waals surface area contributed by atoms with Gasteiger partial charge < -0.3 is 9.94 Å². The van der Waals surface area contributed by atoms with Gasteiger partial charge in [-0.3, -0.25) is 0 Å². The first-order chi connectivity index (χ1) is 9.19. The highest BCUT2D eigenvalue weighted by molar-refractivity contribution is 5.78. The molecule has 106 valence electrons. The fourth-order valence-corrected chi connectivity index (χ4v) is 2.11. The highest BCUT2D eigenvalue weighted by atomic mass is 16.7. The SMILES string of the molecule is CCCCCCC(C(=O)ONC)c1cccc(O)c1. The molecule has 0 saturated carbocycles. The van der Waals surface area contributed by atoms with Crippen molar-refractivity contribution in [2.75, 3.05) is 7.05 Å². The minimum Gasteiger partial charge on any atom is -0.508 e. The Morgan fingerprint density at radius 2 is 2.16 bits per heavy atom. The fourth-order valence-electron chi connectivity index (χ4n) is 2.11. The van der Waals surface area contributed by atoms with E-state index in [1.165, 1.54) is 6.42 Å². The van der Waals surface area contributed by atoms with Crippen LogP contribution >= 0.6 is 0 Å². The smallest absolute Gasteiger partial charge is 0.332 e. The quantitative estimate of drug-likeness (QED) is 0.560. The summed E-state index contributed by atoms with van der Waals surface area (Å²) in [5.41, 5.74) is 3.22. The van der Waals surface area contributed by atoms with E-state index >= 15 is 0 Å². The van der Waals surface area contributed by atoms with E-state index in [0.29, 0.717) is 0 Å². The summed E-state index contributed by atoms with van der Waals surface area (Å²) in [5, 5.41) is 9.52. The van der Waals surface area contributed by atoms with E-state index in [9.17, 15) is 9.90 Å². The molecule has 1 atom stereocenters. The Morgan fingerprint density at radius 1 is 1.37 bits per heavy atom. The van der Waals surface area contributed by atoms with Gasteiger partial charge >= 0.3 is 5.97 Å². The second kappa shape index (κ2) is 8.53. The predicted octanol–water partition coefficient (Wildman–Crippen LogP) is 3.12. The van der Waals surface area contributed by atoms with Crippen molar-refractivity contribution in [2.45, 2.75) is 44.9 Å². The molecule has 0 fully saturated rings. The van der Waals surface area contributed by atoms with Gasteiger partial charge in [0.25, 0.3) is 0 Å². The number of carbonyl (C=O) groups excluding carboxylic acids is 1. The van der Waals surface area contributed by atoms with Crippen LogP contribution in [-0.4, -0.2) is 18.1 Å². The average molecular weight is 265 g/mol. The third kappa shape index (κ3) is 5.30. The maximum atomic E-state index is 12.0. The first-order valence-electron chi connectivity index (χ1n) is 6.85. The molecule has 0 amide bonds. The molecule has 0 saturated heterocycles. The number of hydroxylamine groups is 1. The van der Waals surface area contributed by atoms with Crippen molar-refractivity contribution in [3.05, 3.63) is 29.8 Å². The standard InChI is InChI=1S/C15H23NO3/c1-3-4-5-6-10-14(15(18)19-16-2)12-8-7-9-13(17)11-12/h7-9,11,14,16-17H,3-6,10H2,1-2H3. The molecule has 0 aliphatic heterocycles. The lowest BCUT2D eigenvalue weighted by atomic mass is 9.93.